The molecule has 0 fully saturated rings. The van der Waals surface area contributed by atoms with E-state index in [1.165, 1.54) is 6.07 Å². The predicted octanol–water partition coefficient (Wildman–Crippen LogP) is 7.14. The quantitative estimate of drug-likeness (QED) is 0.440. The number of hydrogen-bond acceptors (Lipinski definition) is 2. The molecule has 0 radical (unpaired) electrons. The van der Waals surface area contributed by atoms with Gasteiger partial charge in [-0.25, -0.2) is 4.39 Å². The van der Waals surface area contributed by atoms with Crippen LogP contribution in [0.4, 0.5) is 10.1 Å². The molecule has 136 valence electrons. The Balaban J connectivity index is 1.82. The van der Waals surface area contributed by atoms with E-state index in [4.69, 9.17) is 39.9 Å². The smallest absolute Gasteiger partial charge is 0.128 e. The number of anilines is 1. The Morgan fingerprint density at radius 3 is 2.33 bits per heavy atom. The van der Waals surface area contributed by atoms with Crippen LogP contribution in [0.1, 0.15) is 23.6 Å². The molecule has 0 aliphatic carbocycles. The second-order valence-electron chi connectivity index (χ2n) is 6.24. The first-order valence-corrected chi connectivity index (χ1v) is 9.48. The maximum atomic E-state index is 14.5. The second-order valence-corrected chi connectivity index (χ2v) is 7.52. The zero-order chi connectivity index (χ0) is 19.0. The van der Waals surface area contributed by atoms with Crippen molar-refractivity contribution in [3.8, 4) is 0 Å². The molecule has 0 aromatic heterocycles. The molecule has 1 heterocycles. The van der Waals surface area contributed by atoms with Crippen molar-refractivity contribution in [1.82, 2.24) is 0 Å². The molecule has 0 saturated carbocycles. The van der Waals surface area contributed by atoms with Crippen LogP contribution in [0.3, 0.4) is 0 Å². The fourth-order valence-corrected chi connectivity index (χ4v) is 3.69. The molecule has 0 amide bonds. The molecule has 27 heavy (non-hydrogen) atoms. The number of hydrazone groups is 1. The van der Waals surface area contributed by atoms with Gasteiger partial charge in [-0.05, 0) is 42.0 Å². The van der Waals surface area contributed by atoms with Crippen LogP contribution in [-0.2, 0) is 0 Å². The molecule has 6 heteroatoms. The van der Waals surface area contributed by atoms with Crippen LogP contribution in [0.15, 0.2) is 71.8 Å². The van der Waals surface area contributed by atoms with Crippen LogP contribution in [0.5, 0.6) is 0 Å². The summed E-state index contributed by atoms with van der Waals surface area (Å²) in [4.78, 5) is 0. The minimum absolute atomic E-state index is 0.279. The van der Waals surface area contributed by atoms with Crippen molar-refractivity contribution in [2.75, 3.05) is 5.01 Å². The van der Waals surface area contributed by atoms with Crippen LogP contribution in [-0.4, -0.2) is 5.71 Å². The lowest BCUT2D eigenvalue weighted by Crippen LogP contribution is -2.20. The highest BCUT2D eigenvalue weighted by Gasteiger charge is 2.32. The monoisotopic (exact) mass is 418 g/mol. The van der Waals surface area contributed by atoms with Gasteiger partial charge in [-0.3, -0.25) is 5.01 Å². The lowest BCUT2D eigenvalue weighted by molar-refractivity contribution is 0.579. The molecule has 1 atom stereocenters. The average Bonchev–Trinajstić information content (AvgIpc) is 3.09. The van der Waals surface area contributed by atoms with E-state index in [0.29, 0.717) is 32.7 Å². The van der Waals surface area contributed by atoms with Gasteiger partial charge in [0.05, 0.1) is 22.5 Å². The number of benzene rings is 3. The average molecular weight is 420 g/mol. The molecule has 0 bridgehead atoms. The minimum Gasteiger partial charge on any atom is -0.256 e. The van der Waals surface area contributed by atoms with Crippen molar-refractivity contribution in [1.29, 1.82) is 0 Å². The van der Waals surface area contributed by atoms with Gasteiger partial charge in [0.2, 0.25) is 0 Å². The van der Waals surface area contributed by atoms with Gasteiger partial charge in [-0.1, -0.05) is 65.1 Å². The number of rotatable bonds is 3. The number of halogens is 4. The molecule has 3 aromatic carbocycles. The normalized spacial score (nSPS) is 16.5. The molecule has 3 aromatic rings. The first-order valence-electron chi connectivity index (χ1n) is 8.35. The molecular formula is C21H14Cl3FN2. The van der Waals surface area contributed by atoms with Crippen molar-refractivity contribution < 1.29 is 4.39 Å². The molecule has 0 spiro atoms. The van der Waals surface area contributed by atoms with E-state index in [-0.39, 0.29) is 11.9 Å². The van der Waals surface area contributed by atoms with E-state index < -0.39 is 0 Å². The van der Waals surface area contributed by atoms with Gasteiger partial charge in [0.1, 0.15) is 5.82 Å². The summed E-state index contributed by atoms with van der Waals surface area (Å²) in [5.41, 5.74) is 2.96. The summed E-state index contributed by atoms with van der Waals surface area (Å²) < 4.78 is 14.5. The van der Waals surface area contributed by atoms with Crippen molar-refractivity contribution in [2.45, 2.75) is 12.5 Å². The fourth-order valence-electron chi connectivity index (χ4n) is 3.20. The highest BCUT2D eigenvalue weighted by molar-refractivity contribution is 6.35. The fraction of sp³-hybridized carbons (Fsp3) is 0.0952. The zero-order valence-electron chi connectivity index (χ0n) is 14.0. The van der Waals surface area contributed by atoms with Gasteiger partial charge in [-0.15, -0.1) is 0 Å². The first kappa shape index (κ1) is 18.3. The third-order valence-electron chi connectivity index (χ3n) is 4.51. The summed E-state index contributed by atoms with van der Waals surface area (Å²) in [6.07, 6.45) is 0.533. The Kier molecular flexibility index (Phi) is 5.09. The third-order valence-corrected chi connectivity index (χ3v) is 5.31. The molecule has 2 nitrogen and oxygen atoms in total. The van der Waals surface area contributed by atoms with Crippen LogP contribution in [0.2, 0.25) is 15.1 Å². The molecular weight excluding hydrogens is 406 g/mol. The van der Waals surface area contributed by atoms with Crippen LogP contribution >= 0.6 is 34.8 Å². The first-order chi connectivity index (χ1) is 13.0. The van der Waals surface area contributed by atoms with Crippen LogP contribution in [0.25, 0.3) is 0 Å². The van der Waals surface area contributed by atoms with E-state index in [2.05, 4.69) is 0 Å². The summed E-state index contributed by atoms with van der Waals surface area (Å²) in [5, 5.41) is 8.19. The summed E-state index contributed by atoms with van der Waals surface area (Å²) in [7, 11) is 0. The molecule has 1 aliphatic rings. The highest BCUT2D eigenvalue weighted by atomic mass is 35.5. The second kappa shape index (κ2) is 7.51. The van der Waals surface area contributed by atoms with Gasteiger partial charge in [0, 0.05) is 22.0 Å². The lowest BCUT2D eigenvalue weighted by atomic mass is 9.98. The van der Waals surface area contributed by atoms with Gasteiger partial charge in [-0.2, -0.15) is 5.10 Å². The van der Waals surface area contributed by atoms with Crippen molar-refractivity contribution in [3.05, 3.63) is 98.7 Å². The maximum absolute atomic E-state index is 14.5. The summed E-state index contributed by atoms with van der Waals surface area (Å²) in [5.74, 6) is -0.279. The Morgan fingerprint density at radius 2 is 1.59 bits per heavy atom. The highest BCUT2D eigenvalue weighted by Crippen LogP contribution is 2.41. The van der Waals surface area contributed by atoms with Crippen molar-refractivity contribution in [2.24, 2.45) is 5.10 Å². The third kappa shape index (κ3) is 3.68. The number of nitrogens with zero attached hydrogens (tertiary/aromatic N) is 2. The van der Waals surface area contributed by atoms with Crippen molar-refractivity contribution in [3.63, 3.8) is 0 Å². The molecule has 1 aliphatic heterocycles. The van der Waals surface area contributed by atoms with Gasteiger partial charge in [0.15, 0.2) is 0 Å². The molecule has 0 saturated heterocycles. The van der Waals surface area contributed by atoms with Gasteiger partial charge < -0.3 is 0 Å². The van der Waals surface area contributed by atoms with E-state index in [1.807, 2.05) is 30.3 Å². The minimum atomic E-state index is -0.326. The zero-order valence-corrected chi connectivity index (χ0v) is 16.3. The van der Waals surface area contributed by atoms with Crippen LogP contribution < -0.4 is 5.01 Å². The van der Waals surface area contributed by atoms with E-state index in [1.54, 1.807) is 35.3 Å². The number of hydrogen-bond donors (Lipinski definition) is 0. The van der Waals surface area contributed by atoms with Gasteiger partial charge >= 0.3 is 0 Å². The Morgan fingerprint density at radius 1 is 0.889 bits per heavy atom. The summed E-state index contributed by atoms with van der Waals surface area (Å²) in [6, 6.07) is 19.0. The molecule has 4 rings (SSSR count). The van der Waals surface area contributed by atoms with Crippen LogP contribution in [0, 0.1) is 5.82 Å². The van der Waals surface area contributed by atoms with E-state index in [0.717, 1.165) is 11.3 Å². The predicted molar refractivity (Wildman–Crippen MR) is 111 cm³/mol. The Hall–Kier alpha value is -2.07. The van der Waals surface area contributed by atoms with E-state index in [9.17, 15) is 4.39 Å². The Bertz CT molecular complexity index is 1020. The van der Waals surface area contributed by atoms with Crippen molar-refractivity contribution >= 4 is 46.2 Å². The maximum Gasteiger partial charge on any atom is 0.128 e. The van der Waals surface area contributed by atoms with Gasteiger partial charge in [0.25, 0.3) is 0 Å². The lowest BCUT2D eigenvalue weighted by Gasteiger charge is -2.25. The standard InChI is InChI=1S/C21H14Cl3FN2/c22-14-7-5-13(6-8-14)19-12-20(16-3-1-2-4-18(16)25)27(26-19)21-11-15(23)9-10-17(21)24/h1-11,20H,12H2/t20-/m0/s1. The topological polar surface area (TPSA) is 15.6 Å². The van der Waals surface area contributed by atoms with E-state index >= 15 is 0 Å². The molecule has 0 N–H and O–H groups in total. The summed E-state index contributed by atoms with van der Waals surface area (Å²) >= 11 is 18.6. The Labute approximate surface area is 171 Å². The molecule has 0 unspecified atom stereocenters. The largest absolute Gasteiger partial charge is 0.256 e. The summed E-state index contributed by atoms with van der Waals surface area (Å²) in [6.45, 7) is 0. The SMILES string of the molecule is Fc1ccccc1[C@@H]1CC(c2ccc(Cl)cc2)=NN1c1cc(Cl)ccc1Cl.